The first kappa shape index (κ1) is 22.2. The van der Waals surface area contributed by atoms with Crippen LogP contribution in [0.25, 0.3) is 0 Å². The second kappa shape index (κ2) is 9.22. The van der Waals surface area contributed by atoms with Gasteiger partial charge in [0, 0.05) is 30.6 Å². The summed E-state index contributed by atoms with van der Waals surface area (Å²) in [6.45, 7) is 1.06. The molecule has 2 amide bonds. The summed E-state index contributed by atoms with van der Waals surface area (Å²) in [6, 6.07) is 12.1. The van der Waals surface area contributed by atoms with Crippen LogP contribution in [-0.2, 0) is 6.18 Å². The average molecular weight is 446 g/mol. The van der Waals surface area contributed by atoms with E-state index in [1.165, 1.54) is 23.1 Å². The topological polar surface area (TPSA) is 58.6 Å². The highest BCUT2D eigenvalue weighted by atomic mass is 19.4. The molecule has 0 bridgehead atoms. The number of nitrogens with one attached hydrogen (secondary N) is 1. The Morgan fingerprint density at radius 1 is 1.06 bits per heavy atom. The predicted octanol–water partition coefficient (Wildman–Crippen LogP) is 4.53. The van der Waals surface area contributed by atoms with E-state index >= 15 is 0 Å². The molecule has 1 heterocycles. The Morgan fingerprint density at radius 3 is 2.59 bits per heavy atom. The SMILES string of the molecule is O=C(NC1CC1)c1cccc(OC[C@@H]2CCCN(C(=O)c3ccccc3C(F)(F)F)C2)c1. The van der Waals surface area contributed by atoms with Gasteiger partial charge in [-0.15, -0.1) is 0 Å². The van der Waals surface area contributed by atoms with Gasteiger partial charge in [0.1, 0.15) is 5.75 Å². The smallest absolute Gasteiger partial charge is 0.417 e. The minimum atomic E-state index is -4.58. The van der Waals surface area contributed by atoms with Gasteiger partial charge in [0.2, 0.25) is 0 Å². The summed E-state index contributed by atoms with van der Waals surface area (Å²) in [5.41, 5.74) is -0.709. The Hall–Kier alpha value is -3.03. The van der Waals surface area contributed by atoms with Gasteiger partial charge in [-0.3, -0.25) is 9.59 Å². The molecule has 0 unspecified atom stereocenters. The van der Waals surface area contributed by atoms with E-state index in [-0.39, 0.29) is 23.4 Å². The van der Waals surface area contributed by atoms with E-state index in [1.807, 2.05) is 0 Å². The number of piperidine rings is 1. The van der Waals surface area contributed by atoms with Crippen LogP contribution in [0.4, 0.5) is 13.2 Å². The number of amides is 2. The molecule has 0 spiro atoms. The lowest BCUT2D eigenvalue weighted by Crippen LogP contribution is -2.42. The van der Waals surface area contributed by atoms with Crippen LogP contribution in [0.5, 0.6) is 5.75 Å². The van der Waals surface area contributed by atoms with Crippen molar-refractivity contribution < 1.29 is 27.5 Å². The van der Waals surface area contributed by atoms with Gasteiger partial charge in [-0.25, -0.2) is 0 Å². The molecule has 1 saturated heterocycles. The van der Waals surface area contributed by atoms with Gasteiger partial charge in [0.15, 0.2) is 0 Å². The van der Waals surface area contributed by atoms with E-state index < -0.39 is 17.6 Å². The first-order chi connectivity index (χ1) is 15.3. The Balaban J connectivity index is 1.37. The van der Waals surface area contributed by atoms with Crippen LogP contribution in [0.15, 0.2) is 48.5 Å². The zero-order valence-electron chi connectivity index (χ0n) is 17.5. The highest BCUT2D eigenvalue weighted by Crippen LogP contribution is 2.33. The molecule has 1 saturated carbocycles. The third-order valence-corrected chi connectivity index (χ3v) is 5.76. The van der Waals surface area contributed by atoms with E-state index in [0.717, 1.165) is 25.3 Å². The van der Waals surface area contributed by atoms with E-state index in [4.69, 9.17) is 4.74 Å². The van der Waals surface area contributed by atoms with E-state index in [1.54, 1.807) is 24.3 Å². The van der Waals surface area contributed by atoms with Crippen LogP contribution in [0.2, 0.25) is 0 Å². The van der Waals surface area contributed by atoms with Gasteiger partial charge in [0.25, 0.3) is 11.8 Å². The third kappa shape index (κ3) is 5.41. The molecule has 170 valence electrons. The summed E-state index contributed by atoms with van der Waals surface area (Å²) < 4.78 is 45.8. The van der Waals surface area contributed by atoms with Crippen molar-refractivity contribution >= 4 is 11.8 Å². The summed E-state index contributed by atoms with van der Waals surface area (Å²) in [5, 5.41) is 2.93. The van der Waals surface area contributed by atoms with Crippen molar-refractivity contribution in [2.75, 3.05) is 19.7 Å². The van der Waals surface area contributed by atoms with E-state index in [2.05, 4.69) is 5.32 Å². The van der Waals surface area contributed by atoms with E-state index in [9.17, 15) is 22.8 Å². The standard InChI is InChI=1S/C24H25F3N2O3/c25-24(26,27)21-9-2-1-8-20(21)23(31)29-12-4-5-16(14-29)15-32-19-7-3-6-17(13-19)22(30)28-18-10-11-18/h1-3,6-9,13,16,18H,4-5,10-12,14-15H2,(H,28,30)/t16-/m1/s1. The predicted molar refractivity (Wildman–Crippen MR) is 112 cm³/mol. The maximum Gasteiger partial charge on any atom is 0.417 e. The number of benzene rings is 2. The normalized spacial score (nSPS) is 18.8. The van der Waals surface area contributed by atoms with Crippen molar-refractivity contribution in [3.05, 3.63) is 65.2 Å². The molecule has 2 aromatic rings. The van der Waals surface area contributed by atoms with Crippen molar-refractivity contribution in [3.63, 3.8) is 0 Å². The number of ether oxygens (including phenoxy) is 1. The zero-order chi connectivity index (χ0) is 22.7. The largest absolute Gasteiger partial charge is 0.493 e. The molecule has 1 N–H and O–H groups in total. The van der Waals surface area contributed by atoms with Crippen molar-refractivity contribution in [2.24, 2.45) is 5.92 Å². The molecular formula is C24H25F3N2O3. The summed E-state index contributed by atoms with van der Waals surface area (Å²) in [5.74, 6) is -0.189. The molecule has 32 heavy (non-hydrogen) atoms. The fourth-order valence-corrected chi connectivity index (χ4v) is 3.91. The first-order valence-corrected chi connectivity index (χ1v) is 10.8. The monoisotopic (exact) mass is 446 g/mol. The maximum atomic E-state index is 13.3. The number of halogens is 3. The molecule has 0 radical (unpaired) electrons. The van der Waals surface area contributed by atoms with Crippen molar-refractivity contribution in [3.8, 4) is 5.75 Å². The van der Waals surface area contributed by atoms with Gasteiger partial charge in [-0.1, -0.05) is 18.2 Å². The van der Waals surface area contributed by atoms with Crippen LogP contribution in [0.3, 0.4) is 0 Å². The quantitative estimate of drug-likeness (QED) is 0.710. The molecule has 0 aromatic heterocycles. The maximum absolute atomic E-state index is 13.3. The number of carbonyl (C=O) groups excluding carboxylic acids is 2. The lowest BCUT2D eigenvalue weighted by molar-refractivity contribution is -0.138. The molecule has 4 rings (SSSR count). The van der Waals surface area contributed by atoms with Crippen molar-refractivity contribution in [1.82, 2.24) is 10.2 Å². The van der Waals surface area contributed by atoms with Gasteiger partial charge in [-0.2, -0.15) is 13.2 Å². The fourth-order valence-electron chi connectivity index (χ4n) is 3.91. The second-order valence-electron chi connectivity index (χ2n) is 8.39. The van der Waals surface area contributed by atoms with Crippen LogP contribution < -0.4 is 10.1 Å². The molecular weight excluding hydrogens is 421 g/mol. The highest BCUT2D eigenvalue weighted by Gasteiger charge is 2.36. The van der Waals surface area contributed by atoms with Crippen molar-refractivity contribution in [1.29, 1.82) is 0 Å². The van der Waals surface area contributed by atoms with Gasteiger partial charge >= 0.3 is 6.18 Å². The summed E-state index contributed by atoms with van der Waals surface area (Å²) >= 11 is 0. The Morgan fingerprint density at radius 2 is 1.84 bits per heavy atom. The Kier molecular flexibility index (Phi) is 6.39. The van der Waals surface area contributed by atoms with Crippen LogP contribution in [0.1, 0.15) is 52.0 Å². The number of carbonyl (C=O) groups is 2. The first-order valence-electron chi connectivity index (χ1n) is 10.8. The molecule has 1 aliphatic heterocycles. The minimum absolute atomic E-state index is 0.00491. The van der Waals surface area contributed by atoms with Gasteiger partial charge in [0.05, 0.1) is 17.7 Å². The summed E-state index contributed by atoms with van der Waals surface area (Å²) in [6.07, 6.45) is -1.07. The van der Waals surface area contributed by atoms with Gasteiger partial charge in [-0.05, 0) is 56.0 Å². The summed E-state index contributed by atoms with van der Waals surface area (Å²) in [4.78, 5) is 26.5. The van der Waals surface area contributed by atoms with Crippen LogP contribution in [0, 0.1) is 5.92 Å². The minimum Gasteiger partial charge on any atom is -0.493 e. The third-order valence-electron chi connectivity index (χ3n) is 5.76. The number of hydrogen-bond acceptors (Lipinski definition) is 3. The average Bonchev–Trinajstić information content (AvgIpc) is 3.61. The fraction of sp³-hybridized carbons (Fsp3) is 0.417. The molecule has 2 fully saturated rings. The molecule has 1 atom stereocenters. The number of hydrogen-bond donors (Lipinski definition) is 1. The molecule has 8 heteroatoms. The van der Waals surface area contributed by atoms with Crippen LogP contribution >= 0.6 is 0 Å². The molecule has 2 aromatic carbocycles. The number of alkyl halides is 3. The van der Waals surface area contributed by atoms with Crippen LogP contribution in [-0.4, -0.2) is 42.5 Å². The second-order valence-corrected chi connectivity index (χ2v) is 8.39. The summed E-state index contributed by atoms with van der Waals surface area (Å²) in [7, 11) is 0. The Labute approximate surface area is 184 Å². The Bertz CT molecular complexity index is 988. The molecule has 2 aliphatic rings. The number of likely N-dealkylation sites (tertiary alicyclic amines) is 1. The highest BCUT2D eigenvalue weighted by molar-refractivity contribution is 5.96. The number of rotatable bonds is 6. The lowest BCUT2D eigenvalue weighted by atomic mass is 9.97. The van der Waals surface area contributed by atoms with Gasteiger partial charge < -0.3 is 15.0 Å². The van der Waals surface area contributed by atoms with E-state index in [0.29, 0.717) is 37.4 Å². The molecule has 5 nitrogen and oxygen atoms in total. The lowest BCUT2D eigenvalue weighted by Gasteiger charge is -2.33. The number of nitrogens with zero attached hydrogens (tertiary/aromatic N) is 1. The van der Waals surface area contributed by atoms with Crippen molar-refractivity contribution in [2.45, 2.75) is 37.9 Å². The zero-order valence-corrected chi connectivity index (χ0v) is 17.5. The molecule has 1 aliphatic carbocycles.